The van der Waals surface area contributed by atoms with Crippen molar-refractivity contribution in [3.05, 3.63) is 24.2 Å². The van der Waals surface area contributed by atoms with E-state index in [2.05, 4.69) is 20.4 Å². The predicted molar refractivity (Wildman–Crippen MR) is 136 cm³/mol. The first-order valence-electron chi connectivity index (χ1n) is 12.9. The molecule has 5 rings (SSSR count). The number of aliphatic hydroxyl groups excluding tert-OH is 1. The van der Waals surface area contributed by atoms with Crippen molar-refractivity contribution in [1.29, 1.82) is 0 Å². The maximum absolute atomic E-state index is 13.6. The molecular weight excluding hydrogens is 476 g/mol. The average Bonchev–Trinajstić information content (AvgIpc) is 3.50. The zero-order chi connectivity index (χ0) is 26.3. The number of hydrogen-bond acceptors (Lipinski definition) is 8. The number of urea groups is 1. The van der Waals surface area contributed by atoms with Crippen molar-refractivity contribution in [3.63, 3.8) is 0 Å². The topological polar surface area (TPSA) is 129 Å². The summed E-state index contributed by atoms with van der Waals surface area (Å²) < 4.78 is 7.30. The molecule has 200 valence electrons. The maximum Gasteiger partial charge on any atom is 0.410 e. The lowest BCUT2D eigenvalue weighted by atomic mass is 9.85. The van der Waals surface area contributed by atoms with E-state index in [1.165, 1.54) is 0 Å². The Labute approximate surface area is 216 Å². The third-order valence-corrected chi connectivity index (χ3v) is 7.37. The Bertz CT molecular complexity index is 1160. The molecule has 1 saturated heterocycles. The van der Waals surface area contributed by atoms with Gasteiger partial charge in [-0.05, 0) is 40.0 Å². The van der Waals surface area contributed by atoms with E-state index in [1.807, 2.05) is 30.6 Å². The second-order valence-corrected chi connectivity index (χ2v) is 11.0. The van der Waals surface area contributed by atoms with Crippen LogP contribution in [0.2, 0.25) is 0 Å². The van der Waals surface area contributed by atoms with E-state index in [9.17, 15) is 9.59 Å². The van der Waals surface area contributed by atoms with Crippen molar-refractivity contribution >= 4 is 29.6 Å². The number of fused-ring (bicyclic) bond motifs is 2. The molecule has 1 aliphatic carbocycles. The smallest absolute Gasteiger partial charge is 0.410 e. The summed E-state index contributed by atoms with van der Waals surface area (Å²) in [6.45, 7) is 7.07. The number of aliphatic hydroxyl groups is 1. The number of ether oxygens (including phenoxy) is 1. The largest absolute Gasteiger partial charge is 0.444 e. The van der Waals surface area contributed by atoms with Crippen molar-refractivity contribution in [2.24, 2.45) is 5.92 Å². The molecule has 3 amide bonds. The molecule has 3 atom stereocenters. The summed E-state index contributed by atoms with van der Waals surface area (Å²) in [6, 6.07) is 0.0430. The minimum absolute atomic E-state index is 0.00149. The van der Waals surface area contributed by atoms with Crippen LogP contribution in [-0.2, 0) is 17.8 Å². The molecule has 2 aromatic rings. The number of hydrogen-bond donors (Lipinski definition) is 2. The van der Waals surface area contributed by atoms with Crippen LogP contribution in [0.1, 0.15) is 52.0 Å². The van der Waals surface area contributed by atoms with Gasteiger partial charge in [0.1, 0.15) is 11.4 Å². The highest BCUT2D eigenvalue weighted by Crippen LogP contribution is 2.42. The number of likely N-dealkylation sites (tertiary alicyclic amines) is 1. The molecule has 1 saturated carbocycles. The van der Waals surface area contributed by atoms with Crippen LogP contribution < -0.4 is 10.2 Å². The van der Waals surface area contributed by atoms with Gasteiger partial charge in [-0.15, -0.1) is 0 Å². The zero-order valence-corrected chi connectivity index (χ0v) is 21.9. The van der Waals surface area contributed by atoms with Crippen LogP contribution in [0.15, 0.2) is 18.6 Å². The summed E-state index contributed by atoms with van der Waals surface area (Å²) in [5.41, 5.74) is 1.04. The molecule has 2 N–H and O–H groups in total. The van der Waals surface area contributed by atoms with E-state index >= 15 is 0 Å². The molecule has 0 radical (unpaired) electrons. The number of nitrogens with one attached hydrogen (secondary N) is 1. The van der Waals surface area contributed by atoms with Crippen LogP contribution in [-0.4, -0.2) is 84.7 Å². The van der Waals surface area contributed by atoms with Crippen LogP contribution >= 0.6 is 0 Å². The van der Waals surface area contributed by atoms with Gasteiger partial charge in [-0.2, -0.15) is 10.1 Å². The average molecular weight is 513 g/mol. The molecule has 37 heavy (non-hydrogen) atoms. The van der Waals surface area contributed by atoms with E-state index in [-0.39, 0.29) is 36.7 Å². The SMILES string of the molecule is CN1C(=O)N(C2CCN(C(=O)OC(C)(C)C)C3CCCC32)Cc2cnc(Nc3cnn(CCO)c3)nc21. The third-order valence-electron chi connectivity index (χ3n) is 7.37. The van der Waals surface area contributed by atoms with Crippen LogP contribution in [0.4, 0.5) is 27.0 Å². The van der Waals surface area contributed by atoms with Gasteiger partial charge in [-0.25, -0.2) is 14.6 Å². The summed E-state index contributed by atoms with van der Waals surface area (Å²) in [5.74, 6) is 1.17. The van der Waals surface area contributed by atoms with Crippen molar-refractivity contribution in [1.82, 2.24) is 29.5 Å². The van der Waals surface area contributed by atoms with Crippen LogP contribution in [0.5, 0.6) is 0 Å². The van der Waals surface area contributed by atoms with Crippen LogP contribution in [0.25, 0.3) is 0 Å². The molecule has 0 bridgehead atoms. The van der Waals surface area contributed by atoms with E-state index in [0.717, 1.165) is 24.8 Å². The maximum atomic E-state index is 13.6. The van der Waals surface area contributed by atoms with Crippen molar-refractivity contribution in [2.75, 3.05) is 30.4 Å². The zero-order valence-electron chi connectivity index (χ0n) is 21.9. The van der Waals surface area contributed by atoms with Crippen molar-refractivity contribution in [2.45, 2.75) is 77.2 Å². The third kappa shape index (κ3) is 5.07. The van der Waals surface area contributed by atoms with E-state index < -0.39 is 5.60 Å². The minimum Gasteiger partial charge on any atom is -0.444 e. The summed E-state index contributed by atoms with van der Waals surface area (Å²) in [6.07, 6.45) is 8.57. The molecule has 0 spiro atoms. The van der Waals surface area contributed by atoms with Gasteiger partial charge in [0.25, 0.3) is 0 Å². The standard InChI is InChI=1S/C25H36N8O4/c1-25(2,3)37-24(36)32-9-8-20(18-6-5-7-19(18)32)33-14-16-12-26-22(29-21(16)30(4)23(33)35)28-17-13-27-31(15-17)10-11-34/h12-13,15,18-20,34H,5-11,14H2,1-4H3,(H,26,28,29). The van der Waals surface area contributed by atoms with Crippen molar-refractivity contribution < 1.29 is 19.4 Å². The highest BCUT2D eigenvalue weighted by molar-refractivity contribution is 5.93. The number of amides is 3. The predicted octanol–water partition coefficient (Wildman–Crippen LogP) is 2.96. The Morgan fingerprint density at radius 1 is 1.22 bits per heavy atom. The number of carbonyl (C=O) groups is 2. The number of piperidine rings is 1. The van der Waals surface area contributed by atoms with E-state index in [0.29, 0.717) is 43.5 Å². The fraction of sp³-hybridized carbons (Fsp3) is 0.640. The quantitative estimate of drug-likeness (QED) is 0.626. The first-order valence-corrected chi connectivity index (χ1v) is 12.9. The number of nitrogens with zero attached hydrogens (tertiary/aromatic N) is 7. The Hall–Kier alpha value is -3.41. The van der Waals surface area contributed by atoms with Crippen LogP contribution in [0.3, 0.4) is 0 Å². The molecule has 2 aliphatic heterocycles. The second kappa shape index (κ2) is 9.81. The lowest BCUT2D eigenvalue weighted by molar-refractivity contribution is -0.0105. The highest BCUT2D eigenvalue weighted by atomic mass is 16.6. The molecule has 3 unspecified atom stereocenters. The fourth-order valence-electron chi connectivity index (χ4n) is 5.83. The normalized spacial score (nSPS) is 23.6. The van der Waals surface area contributed by atoms with Crippen molar-refractivity contribution in [3.8, 4) is 0 Å². The molecule has 3 aliphatic rings. The first kappa shape index (κ1) is 25.2. The molecule has 12 nitrogen and oxygen atoms in total. The monoisotopic (exact) mass is 512 g/mol. The van der Waals surface area contributed by atoms with Gasteiger partial charge in [0.05, 0.1) is 31.6 Å². The second-order valence-electron chi connectivity index (χ2n) is 11.0. The summed E-state index contributed by atoms with van der Waals surface area (Å²) in [5, 5.41) is 16.4. The Kier molecular flexibility index (Phi) is 6.69. The molecule has 2 aromatic heterocycles. The molecular formula is C25H36N8O4. The summed E-state index contributed by atoms with van der Waals surface area (Å²) in [4.78, 5) is 40.9. The minimum atomic E-state index is -0.537. The number of carbonyl (C=O) groups excluding carboxylic acids is 2. The first-order chi connectivity index (χ1) is 17.6. The van der Waals surface area contributed by atoms with Gasteiger partial charge in [-0.3, -0.25) is 9.58 Å². The van der Waals surface area contributed by atoms with Gasteiger partial charge in [0.15, 0.2) is 0 Å². The van der Waals surface area contributed by atoms with E-state index in [1.54, 1.807) is 35.2 Å². The summed E-state index contributed by atoms with van der Waals surface area (Å²) >= 11 is 0. The van der Waals surface area contributed by atoms with Gasteiger partial charge in [0, 0.05) is 49.6 Å². The molecule has 4 heterocycles. The van der Waals surface area contributed by atoms with Gasteiger partial charge in [-0.1, -0.05) is 6.42 Å². The molecule has 12 heteroatoms. The molecule has 0 aromatic carbocycles. The number of aromatic nitrogens is 4. The lowest BCUT2D eigenvalue weighted by Gasteiger charge is -2.48. The van der Waals surface area contributed by atoms with E-state index in [4.69, 9.17) is 9.84 Å². The fourth-order valence-corrected chi connectivity index (χ4v) is 5.83. The Balaban J connectivity index is 1.31. The van der Waals surface area contributed by atoms with Gasteiger partial charge >= 0.3 is 12.1 Å². The number of rotatable bonds is 5. The summed E-state index contributed by atoms with van der Waals surface area (Å²) in [7, 11) is 1.74. The van der Waals surface area contributed by atoms with Gasteiger partial charge < -0.3 is 25.0 Å². The van der Waals surface area contributed by atoms with Gasteiger partial charge in [0.2, 0.25) is 5.95 Å². The lowest BCUT2D eigenvalue weighted by Crippen LogP contribution is -2.60. The van der Waals surface area contributed by atoms with Crippen LogP contribution in [0, 0.1) is 5.92 Å². The Morgan fingerprint density at radius 3 is 2.78 bits per heavy atom. The highest BCUT2D eigenvalue weighted by Gasteiger charge is 2.48. The Morgan fingerprint density at radius 2 is 2.03 bits per heavy atom. The molecule has 2 fully saturated rings. The number of anilines is 3.